The molecule has 1 unspecified atom stereocenters. The fraction of sp³-hybridized carbons (Fsp3) is 0.273. The standard InChI is InChI=1S/C11H13N3O3/c1-16-8-4-2-3-7(5-8)10-13-11(17-14-10)9(15)6-12/h2-5,9,15H,6,12H2,1H3. The monoisotopic (exact) mass is 235 g/mol. The van der Waals surface area contributed by atoms with Gasteiger partial charge in [0.15, 0.2) is 0 Å². The molecule has 1 atom stereocenters. The van der Waals surface area contributed by atoms with Gasteiger partial charge in [0.1, 0.15) is 11.9 Å². The van der Waals surface area contributed by atoms with Gasteiger partial charge >= 0.3 is 0 Å². The van der Waals surface area contributed by atoms with E-state index < -0.39 is 6.10 Å². The number of nitrogens with two attached hydrogens (primary N) is 1. The zero-order valence-corrected chi connectivity index (χ0v) is 9.33. The topological polar surface area (TPSA) is 94.4 Å². The molecule has 0 amide bonds. The molecule has 0 saturated carbocycles. The number of aliphatic hydroxyl groups is 1. The highest BCUT2D eigenvalue weighted by molar-refractivity contribution is 5.56. The van der Waals surface area contributed by atoms with Crippen LogP contribution in [0.4, 0.5) is 0 Å². The molecule has 0 radical (unpaired) electrons. The number of nitrogens with zero attached hydrogens (tertiary/aromatic N) is 2. The van der Waals surface area contributed by atoms with Gasteiger partial charge in [0, 0.05) is 12.1 Å². The molecule has 0 aliphatic carbocycles. The van der Waals surface area contributed by atoms with Crippen molar-refractivity contribution >= 4 is 0 Å². The van der Waals surface area contributed by atoms with Crippen LogP contribution in [0.2, 0.25) is 0 Å². The van der Waals surface area contributed by atoms with Gasteiger partial charge in [0.05, 0.1) is 7.11 Å². The lowest BCUT2D eigenvalue weighted by atomic mass is 10.2. The predicted octanol–water partition coefficient (Wildman–Crippen LogP) is 0.737. The molecule has 2 rings (SSSR count). The maximum absolute atomic E-state index is 9.44. The SMILES string of the molecule is COc1cccc(-c2noc(C(O)CN)n2)c1. The first kappa shape index (κ1) is 11.6. The number of rotatable bonds is 4. The number of hydrogen-bond acceptors (Lipinski definition) is 6. The summed E-state index contributed by atoms with van der Waals surface area (Å²) in [5.41, 5.74) is 6.05. The maximum Gasteiger partial charge on any atom is 0.257 e. The Morgan fingerprint density at radius 2 is 2.35 bits per heavy atom. The number of aliphatic hydroxyl groups excluding tert-OH is 1. The highest BCUT2D eigenvalue weighted by Gasteiger charge is 2.15. The first-order valence-corrected chi connectivity index (χ1v) is 5.10. The molecule has 6 heteroatoms. The number of methoxy groups -OCH3 is 1. The van der Waals surface area contributed by atoms with Gasteiger partial charge in [-0.15, -0.1) is 0 Å². The molecule has 17 heavy (non-hydrogen) atoms. The van der Waals surface area contributed by atoms with Crippen LogP contribution < -0.4 is 10.5 Å². The fourth-order valence-electron chi connectivity index (χ4n) is 1.35. The molecule has 0 saturated heterocycles. The quantitative estimate of drug-likeness (QED) is 0.811. The van der Waals surface area contributed by atoms with Crippen molar-refractivity contribution in [1.82, 2.24) is 10.1 Å². The molecular weight excluding hydrogens is 222 g/mol. The Bertz CT molecular complexity index is 498. The van der Waals surface area contributed by atoms with E-state index in [1.165, 1.54) is 0 Å². The Labute approximate surface area is 98.0 Å². The summed E-state index contributed by atoms with van der Waals surface area (Å²) < 4.78 is 10.0. The largest absolute Gasteiger partial charge is 0.497 e. The fourth-order valence-corrected chi connectivity index (χ4v) is 1.35. The minimum Gasteiger partial charge on any atom is -0.497 e. The minimum absolute atomic E-state index is 0.0414. The number of ether oxygens (including phenoxy) is 1. The molecular formula is C11H13N3O3. The summed E-state index contributed by atoms with van der Waals surface area (Å²) in [4.78, 5) is 4.06. The van der Waals surface area contributed by atoms with Crippen LogP contribution in [0.5, 0.6) is 5.75 Å². The van der Waals surface area contributed by atoms with Crippen LogP contribution in [0.1, 0.15) is 12.0 Å². The van der Waals surface area contributed by atoms with E-state index in [4.69, 9.17) is 15.0 Å². The van der Waals surface area contributed by atoms with Crippen molar-refractivity contribution in [3.05, 3.63) is 30.2 Å². The first-order valence-electron chi connectivity index (χ1n) is 5.10. The lowest BCUT2D eigenvalue weighted by Gasteiger charge is -2.00. The molecule has 90 valence electrons. The predicted molar refractivity (Wildman–Crippen MR) is 60.3 cm³/mol. The van der Waals surface area contributed by atoms with Gasteiger partial charge in [0.25, 0.3) is 5.89 Å². The molecule has 3 N–H and O–H groups in total. The summed E-state index contributed by atoms with van der Waals surface area (Å²) in [6, 6.07) is 7.25. The molecule has 0 aliphatic rings. The Hall–Kier alpha value is -1.92. The molecule has 1 aromatic heterocycles. The second-order valence-electron chi connectivity index (χ2n) is 3.44. The van der Waals surface area contributed by atoms with Crippen LogP contribution in [0, 0.1) is 0 Å². The normalized spacial score (nSPS) is 12.4. The highest BCUT2D eigenvalue weighted by Crippen LogP contribution is 2.22. The Kier molecular flexibility index (Phi) is 3.36. The molecule has 1 heterocycles. The second-order valence-corrected chi connectivity index (χ2v) is 3.44. The van der Waals surface area contributed by atoms with E-state index in [0.29, 0.717) is 11.6 Å². The lowest BCUT2D eigenvalue weighted by molar-refractivity contribution is 0.141. The zero-order chi connectivity index (χ0) is 12.3. The summed E-state index contributed by atoms with van der Waals surface area (Å²) in [7, 11) is 1.58. The molecule has 2 aromatic rings. The summed E-state index contributed by atoms with van der Waals surface area (Å²) >= 11 is 0. The smallest absolute Gasteiger partial charge is 0.257 e. The van der Waals surface area contributed by atoms with Crippen LogP contribution >= 0.6 is 0 Å². The third kappa shape index (κ3) is 2.43. The van der Waals surface area contributed by atoms with Crippen LogP contribution in [0.3, 0.4) is 0 Å². The molecule has 1 aromatic carbocycles. The van der Waals surface area contributed by atoms with E-state index in [1.807, 2.05) is 18.2 Å². The molecule has 0 aliphatic heterocycles. The van der Waals surface area contributed by atoms with Gasteiger partial charge in [-0.25, -0.2) is 0 Å². The van der Waals surface area contributed by atoms with Gasteiger partial charge < -0.3 is 20.1 Å². The van der Waals surface area contributed by atoms with Crippen molar-refractivity contribution in [2.24, 2.45) is 5.73 Å². The van der Waals surface area contributed by atoms with E-state index in [1.54, 1.807) is 13.2 Å². The van der Waals surface area contributed by atoms with E-state index in [0.717, 1.165) is 5.56 Å². The van der Waals surface area contributed by atoms with E-state index in [9.17, 15) is 5.11 Å². The van der Waals surface area contributed by atoms with Gasteiger partial charge in [-0.1, -0.05) is 17.3 Å². The summed E-state index contributed by atoms with van der Waals surface area (Å²) in [5, 5.41) is 13.2. The van der Waals surface area contributed by atoms with Crippen LogP contribution in [0.15, 0.2) is 28.8 Å². The Morgan fingerprint density at radius 1 is 1.53 bits per heavy atom. The van der Waals surface area contributed by atoms with Gasteiger partial charge in [0.2, 0.25) is 5.82 Å². The average molecular weight is 235 g/mol. The van der Waals surface area contributed by atoms with Gasteiger partial charge in [-0.05, 0) is 12.1 Å². The van der Waals surface area contributed by atoms with Crippen LogP contribution in [0.25, 0.3) is 11.4 Å². The van der Waals surface area contributed by atoms with Crippen LogP contribution in [-0.4, -0.2) is 28.9 Å². The van der Waals surface area contributed by atoms with Crippen molar-refractivity contribution in [1.29, 1.82) is 0 Å². The molecule has 0 bridgehead atoms. The first-order chi connectivity index (χ1) is 8.24. The second kappa shape index (κ2) is 4.94. The van der Waals surface area contributed by atoms with Crippen molar-refractivity contribution in [3.63, 3.8) is 0 Å². The molecule has 6 nitrogen and oxygen atoms in total. The Morgan fingerprint density at radius 3 is 3.06 bits per heavy atom. The van der Waals surface area contributed by atoms with Crippen molar-refractivity contribution in [2.75, 3.05) is 13.7 Å². The van der Waals surface area contributed by atoms with Gasteiger partial charge in [-0.2, -0.15) is 4.98 Å². The Balaban J connectivity index is 2.30. The highest BCUT2D eigenvalue weighted by atomic mass is 16.5. The number of hydrogen-bond donors (Lipinski definition) is 2. The molecule has 0 fully saturated rings. The summed E-state index contributed by atoms with van der Waals surface area (Å²) in [5.74, 6) is 1.21. The van der Waals surface area contributed by atoms with Gasteiger partial charge in [-0.3, -0.25) is 0 Å². The van der Waals surface area contributed by atoms with E-state index in [2.05, 4.69) is 10.1 Å². The lowest BCUT2D eigenvalue weighted by Crippen LogP contribution is -2.11. The summed E-state index contributed by atoms with van der Waals surface area (Å²) in [6.45, 7) is 0.0414. The zero-order valence-electron chi connectivity index (χ0n) is 9.33. The van der Waals surface area contributed by atoms with Crippen LogP contribution in [-0.2, 0) is 0 Å². The minimum atomic E-state index is -0.929. The van der Waals surface area contributed by atoms with Crippen molar-refractivity contribution < 1.29 is 14.4 Å². The van der Waals surface area contributed by atoms with E-state index in [-0.39, 0.29) is 12.4 Å². The number of benzene rings is 1. The average Bonchev–Trinajstić information content (AvgIpc) is 2.87. The molecule has 0 spiro atoms. The summed E-state index contributed by atoms with van der Waals surface area (Å²) in [6.07, 6.45) is -0.929. The third-order valence-corrected chi connectivity index (χ3v) is 2.28. The van der Waals surface area contributed by atoms with Crippen molar-refractivity contribution in [2.45, 2.75) is 6.10 Å². The van der Waals surface area contributed by atoms with E-state index >= 15 is 0 Å². The number of aromatic nitrogens is 2. The maximum atomic E-state index is 9.44. The third-order valence-electron chi connectivity index (χ3n) is 2.28. The van der Waals surface area contributed by atoms with Crippen molar-refractivity contribution in [3.8, 4) is 17.1 Å².